The number of ether oxygens (including phenoxy) is 1. The number of nitrogens with one attached hydrogen (secondary N) is 1. The van der Waals surface area contributed by atoms with E-state index in [-0.39, 0.29) is 22.0 Å². The first-order chi connectivity index (χ1) is 9.25. The van der Waals surface area contributed by atoms with Crippen molar-refractivity contribution in [2.24, 2.45) is 0 Å². The summed E-state index contributed by atoms with van der Waals surface area (Å²) in [6.45, 7) is 4.09. The van der Waals surface area contributed by atoms with Crippen LogP contribution in [0.1, 0.15) is 19.4 Å². The number of hydrogen-bond donors (Lipinski definition) is 2. The third kappa shape index (κ3) is 4.37. The van der Waals surface area contributed by atoms with Gasteiger partial charge in [0.15, 0.2) is 0 Å². The maximum atomic E-state index is 12.3. The highest BCUT2D eigenvalue weighted by atomic mass is 32.2. The van der Waals surface area contributed by atoms with E-state index in [4.69, 9.17) is 9.84 Å². The van der Waals surface area contributed by atoms with Gasteiger partial charge in [0.05, 0.1) is 13.7 Å². The molecule has 0 bridgehead atoms. The van der Waals surface area contributed by atoms with Crippen LogP contribution in [0.2, 0.25) is 0 Å². The lowest BCUT2D eigenvalue weighted by Gasteiger charge is -2.22. The van der Waals surface area contributed by atoms with Crippen LogP contribution in [-0.2, 0) is 16.6 Å². The zero-order valence-electron chi connectivity index (χ0n) is 12.1. The molecule has 0 aliphatic rings. The number of aliphatic hydroxyl groups excluding tert-OH is 1. The maximum Gasteiger partial charge on any atom is 0.244 e. The molecule has 0 aromatic heterocycles. The smallest absolute Gasteiger partial charge is 0.244 e. The zero-order valence-corrected chi connectivity index (χ0v) is 13.8. The van der Waals surface area contributed by atoms with Crippen LogP contribution in [-0.4, -0.2) is 38.2 Å². The molecule has 1 aromatic rings. The second kappa shape index (κ2) is 6.80. The third-order valence-electron chi connectivity index (χ3n) is 2.94. The maximum absolute atomic E-state index is 12.3. The first kappa shape index (κ1) is 17.3. The molecule has 0 amide bonds. The van der Waals surface area contributed by atoms with Crippen LogP contribution in [0.4, 0.5) is 0 Å². The molecule has 0 saturated heterocycles. The fourth-order valence-electron chi connectivity index (χ4n) is 1.45. The number of aliphatic hydroxyl groups is 1. The van der Waals surface area contributed by atoms with E-state index in [0.717, 1.165) is 0 Å². The fourth-order valence-corrected chi connectivity index (χ4v) is 3.12. The van der Waals surface area contributed by atoms with Gasteiger partial charge in [0.1, 0.15) is 10.6 Å². The van der Waals surface area contributed by atoms with Crippen molar-refractivity contribution < 1.29 is 18.3 Å². The van der Waals surface area contributed by atoms with Gasteiger partial charge in [-0.1, -0.05) is 6.07 Å². The van der Waals surface area contributed by atoms with Crippen LogP contribution < -0.4 is 9.46 Å². The molecule has 0 atom stereocenters. The van der Waals surface area contributed by atoms with Crippen molar-refractivity contribution in [1.82, 2.24) is 4.72 Å². The summed E-state index contributed by atoms with van der Waals surface area (Å²) in [5, 5.41) is 9.07. The van der Waals surface area contributed by atoms with Crippen molar-refractivity contribution in [3.63, 3.8) is 0 Å². The van der Waals surface area contributed by atoms with Gasteiger partial charge in [-0.2, -0.15) is 11.8 Å². The first-order valence-electron chi connectivity index (χ1n) is 6.08. The van der Waals surface area contributed by atoms with E-state index in [2.05, 4.69) is 4.72 Å². The summed E-state index contributed by atoms with van der Waals surface area (Å²) in [6, 6.07) is 4.53. The number of thioether (sulfide) groups is 1. The Balaban J connectivity index is 3.03. The van der Waals surface area contributed by atoms with Crippen molar-refractivity contribution in [3.8, 4) is 5.75 Å². The minimum atomic E-state index is -3.64. The molecule has 5 nitrogen and oxygen atoms in total. The van der Waals surface area contributed by atoms with Gasteiger partial charge in [-0.15, -0.1) is 0 Å². The minimum Gasteiger partial charge on any atom is -0.495 e. The van der Waals surface area contributed by atoms with Gasteiger partial charge in [-0.3, -0.25) is 0 Å². The summed E-state index contributed by atoms with van der Waals surface area (Å²) < 4.78 is 32.1. The summed E-state index contributed by atoms with van der Waals surface area (Å²) in [6.07, 6.45) is 1.94. The van der Waals surface area contributed by atoms with E-state index < -0.39 is 10.0 Å². The van der Waals surface area contributed by atoms with Gasteiger partial charge < -0.3 is 9.84 Å². The Morgan fingerprint density at radius 3 is 2.55 bits per heavy atom. The summed E-state index contributed by atoms with van der Waals surface area (Å²) in [7, 11) is -2.24. The van der Waals surface area contributed by atoms with Crippen LogP contribution in [0.15, 0.2) is 23.1 Å². The van der Waals surface area contributed by atoms with E-state index in [1.807, 2.05) is 20.1 Å². The molecule has 114 valence electrons. The SMILES string of the molecule is COc1cc(CO)ccc1S(=O)(=O)NCC(C)(C)SC. The standard InChI is InChI=1S/C13H21NO4S2/c1-13(2,19-4)9-14-20(16,17)12-6-5-10(8-15)7-11(12)18-3/h5-7,14-15H,8-9H2,1-4H3. The highest BCUT2D eigenvalue weighted by molar-refractivity contribution is 8.00. The summed E-state index contributed by atoms with van der Waals surface area (Å²) in [4.78, 5) is 0.0779. The molecular formula is C13H21NO4S2. The first-order valence-corrected chi connectivity index (χ1v) is 8.79. The predicted octanol–water partition coefficient (Wildman–Crippen LogP) is 1.61. The Morgan fingerprint density at radius 1 is 1.40 bits per heavy atom. The zero-order chi connectivity index (χ0) is 15.4. The molecule has 0 fully saturated rings. The molecule has 20 heavy (non-hydrogen) atoms. The van der Waals surface area contributed by atoms with Gasteiger partial charge in [0.25, 0.3) is 0 Å². The second-order valence-electron chi connectivity index (χ2n) is 4.93. The van der Waals surface area contributed by atoms with Gasteiger partial charge in [0.2, 0.25) is 10.0 Å². The van der Waals surface area contributed by atoms with Crippen molar-refractivity contribution in [2.75, 3.05) is 19.9 Å². The molecule has 0 aliphatic carbocycles. The Hall–Kier alpha value is -0.760. The normalized spacial score (nSPS) is 12.4. The Labute approximate surface area is 124 Å². The van der Waals surface area contributed by atoms with Crippen molar-refractivity contribution in [1.29, 1.82) is 0 Å². The lowest BCUT2D eigenvalue weighted by atomic mass is 10.2. The summed E-state index contributed by atoms with van der Waals surface area (Å²) >= 11 is 1.59. The van der Waals surface area contributed by atoms with E-state index in [9.17, 15) is 8.42 Å². The van der Waals surface area contributed by atoms with Crippen LogP contribution in [0.25, 0.3) is 0 Å². The largest absolute Gasteiger partial charge is 0.495 e. The van der Waals surface area contributed by atoms with E-state index in [1.165, 1.54) is 19.2 Å². The molecule has 1 rings (SSSR count). The Bertz CT molecular complexity index is 555. The molecule has 0 radical (unpaired) electrons. The molecule has 0 aliphatic heterocycles. The van der Waals surface area contributed by atoms with Crippen molar-refractivity contribution in [2.45, 2.75) is 30.1 Å². The molecule has 7 heteroatoms. The van der Waals surface area contributed by atoms with Gasteiger partial charge >= 0.3 is 0 Å². The highest BCUT2D eigenvalue weighted by Crippen LogP contribution is 2.26. The van der Waals surface area contributed by atoms with Gasteiger partial charge in [-0.05, 0) is 37.8 Å². The average Bonchev–Trinajstić information content (AvgIpc) is 2.44. The van der Waals surface area contributed by atoms with Crippen LogP contribution in [0.5, 0.6) is 5.75 Å². The molecule has 2 N–H and O–H groups in total. The van der Waals surface area contributed by atoms with Crippen LogP contribution >= 0.6 is 11.8 Å². The van der Waals surface area contributed by atoms with Crippen LogP contribution in [0, 0.1) is 0 Å². The fraction of sp³-hybridized carbons (Fsp3) is 0.538. The lowest BCUT2D eigenvalue weighted by molar-refractivity contribution is 0.280. The predicted molar refractivity (Wildman–Crippen MR) is 81.7 cm³/mol. The monoisotopic (exact) mass is 319 g/mol. The summed E-state index contributed by atoms with van der Waals surface area (Å²) in [5.41, 5.74) is 0.602. The molecular weight excluding hydrogens is 298 g/mol. The molecule has 0 saturated carbocycles. The topological polar surface area (TPSA) is 75.6 Å². The highest BCUT2D eigenvalue weighted by Gasteiger charge is 2.24. The quantitative estimate of drug-likeness (QED) is 0.798. The Kier molecular flexibility index (Phi) is 5.88. The number of rotatable bonds is 7. The molecule has 0 spiro atoms. The molecule has 1 aromatic carbocycles. The minimum absolute atomic E-state index is 0.0779. The molecule has 0 unspecified atom stereocenters. The van der Waals surface area contributed by atoms with Crippen molar-refractivity contribution in [3.05, 3.63) is 23.8 Å². The number of sulfonamides is 1. The van der Waals surface area contributed by atoms with Gasteiger partial charge in [-0.25, -0.2) is 13.1 Å². The number of benzene rings is 1. The third-order valence-corrected chi connectivity index (χ3v) is 5.63. The Morgan fingerprint density at radius 2 is 2.05 bits per heavy atom. The molecule has 0 heterocycles. The summed E-state index contributed by atoms with van der Waals surface area (Å²) in [5.74, 6) is 0.228. The van der Waals surface area contributed by atoms with E-state index in [1.54, 1.807) is 17.8 Å². The van der Waals surface area contributed by atoms with E-state index in [0.29, 0.717) is 12.1 Å². The van der Waals surface area contributed by atoms with Crippen LogP contribution in [0.3, 0.4) is 0 Å². The van der Waals surface area contributed by atoms with E-state index >= 15 is 0 Å². The lowest BCUT2D eigenvalue weighted by Crippen LogP contribution is -2.36. The van der Waals surface area contributed by atoms with Gasteiger partial charge in [0, 0.05) is 11.3 Å². The second-order valence-corrected chi connectivity index (χ2v) is 8.18. The number of hydrogen-bond acceptors (Lipinski definition) is 5. The van der Waals surface area contributed by atoms with Crippen molar-refractivity contribution >= 4 is 21.8 Å². The number of methoxy groups -OCH3 is 1. The average molecular weight is 319 g/mol.